The number of hydrogen-bond acceptors (Lipinski definition) is 2. The Kier molecular flexibility index (Phi) is 3.66. The van der Waals surface area contributed by atoms with E-state index in [-0.39, 0.29) is 31.5 Å². The molecule has 2 aliphatic heterocycles. The number of rotatable bonds is 2. The highest BCUT2D eigenvalue weighted by atomic mass is 19.3. The van der Waals surface area contributed by atoms with Crippen LogP contribution in [-0.4, -0.2) is 53.9 Å². The number of alkyl halides is 2. The summed E-state index contributed by atoms with van der Waals surface area (Å²) in [5.74, 6) is -2.59. The van der Waals surface area contributed by atoms with Crippen LogP contribution in [-0.2, 0) is 4.79 Å². The fourth-order valence-corrected chi connectivity index (χ4v) is 2.69. The van der Waals surface area contributed by atoms with Gasteiger partial charge in [-0.1, -0.05) is 0 Å². The predicted octanol–water partition coefficient (Wildman–Crippen LogP) is 1.73. The lowest BCUT2D eigenvalue weighted by Crippen LogP contribution is -2.46. The smallest absolute Gasteiger partial charge is 0.261 e. The minimum atomic E-state index is -2.60. The first-order chi connectivity index (χ1) is 7.98. The first-order valence-electron chi connectivity index (χ1n) is 6.38. The third-order valence-electron chi connectivity index (χ3n) is 3.73. The number of hydrogen-bond donors (Lipinski definition) is 0. The number of carbonyl (C=O) groups excluding carboxylic acids is 1. The molecule has 5 heteroatoms. The minimum Gasteiger partial charge on any atom is -0.339 e. The van der Waals surface area contributed by atoms with E-state index in [4.69, 9.17) is 0 Å². The van der Waals surface area contributed by atoms with E-state index in [1.807, 2.05) is 11.8 Å². The van der Waals surface area contributed by atoms with Gasteiger partial charge in [0.2, 0.25) is 5.91 Å². The second-order valence-corrected chi connectivity index (χ2v) is 5.25. The highest BCUT2D eigenvalue weighted by Gasteiger charge is 2.39. The molecular weight excluding hydrogens is 226 g/mol. The Morgan fingerprint density at radius 3 is 2.71 bits per heavy atom. The van der Waals surface area contributed by atoms with Crippen LogP contribution in [0.5, 0.6) is 0 Å². The average Bonchev–Trinajstić information content (AvgIpc) is 2.58. The summed E-state index contributed by atoms with van der Waals surface area (Å²) in [5.41, 5.74) is 0. The van der Waals surface area contributed by atoms with E-state index in [0.29, 0.717) is 6.54 Å². The summed E-state index contributed by atoms with van der Waals surface area (Å²) in [4.78, 5) is 15.4. The molecule has 0 bridgehead atoms. The van der Waals surface area contributed by atoms with Gasteiger partial charge in [-0.3, -0.25) is 9.69 Å². The van der Waals surface area contributed by atoms with Crippen molar-refractivity contribution in [2.75, 3.05) is 26.2 Å². The van der Waals surface area contributed by atoms with E-state index in [1.165, 1.54) is 0 Å². The van der Waals surface area contributed by atoms with Crippen molar-refractivity contribution in [3.63, 3.8) is 0 Å². The van der Waals surface area contributed by atoms with Crippen LogP contribution >= 0.6 is 0 Å². The summed E-state index contributed by atoms with van der Waals surface area (Å²) in [6, 6.07) is 0.263. The van der Waals surface area contributed by atoms with Crippen molar-refractivity contribution in [2.45, 2.75) is 44.6 Å². The molecule has 0 saturated carbocycles. The molecule has 0 N–H and O–H groups in total. The van der Waals surface area contributed by atoms with Crippen molar-refractivity contribution >= 4 is 5.91 Å². The van der Waals surface area contributed by atoms with E-state index in [0.717, 1.165) is 25.8 Å². The molecule has 1 unspecified atom stereocenters. The number of nitrogens with zero attached hydrogens (tertiary/aromatic N) is 2. The van der Waals surface area contributed by atoms with Crippen LogP contribution in [0.4, 0.5) is 8.78 Å². The van der Waals surface area contributed by atoms with Gasteiger partial charge < -0.3 is 4.90 Å². The largest absolute Gasteiger partial charge is 0.339 e. The molecule has 2 rings (SSSR count). The van der Waals surface area contributed by atoms with Gasteiger partial charge in [-0.05, 0) is 26.2 Å². The average molecular weight is 246 g/mol. The monoisotopic (exact) mass is 246 g/mol. The van der Waals surface area contributed by atoms with E-state index < -0.39 is 5.92 Å². The Hall–Kier alpha value is -0.710. The predicted molar refractivity (Wildman–Crippen MR) is 61.0 cm³/mol. The van der Waals surface area contributed by atoms with Crippen molar-refractivity contribution in [3.05, 3.63) is 0 Å². The Morgan fingerprint density at radius 1 is 1.35 bits per heavy atom. The van der Waals surface area contributed by atoms with Gasteiger partial charge in [0.25, 0.3) is 5.92 Å². The molecule has 1 atom stereocenters. The zero-order chi connectivity index (χ0) is 12.5. The number of amides is 1. The molecule has 0 radical (unpaired) electrons. The summed E-state index contributed by atoms with van der Waals surface area (Å²) < 4.78 is 26.0. The lowest BCUT2D eigenvalue weighted by Gasteiger charge is -2.34. The quantitative estimate of drug-likeness (QED) is 0.741. The number of piperidine rings is 1. The molecule has 0 spiro atoms. The van der Waals surface area contributed by atoms with Gasteiger partial charge >= 0.3 is 0 Å². The van der Waals surface area contributed by atoms with Crippen LogP contribution in [0.3, 0.4) is 0 Å². The second kappa shape index (κ2) is 4.88. The summed E-state index contributed by atoms with van der Waals surface area (Å²) in [5, 5.41) is 0. The van der Waals surface area contributed by atoms with Crippen molar-refractivity contribution in [1.82, 2.24) is 9.80 Å². The van der Waals surface area contributed by atoms with E-state index in [9.17, 15) is 13.6 Å². The fourth-order valence-electron chi connectivity index (χ4n) is 2.69. The molecule has 0 aromatic carbocycles. The Balaban J connectivity index is 1.84. The highest BCUT2D eigenvalue weighted by Crippen LogP contribution is 2.27. The normalized spacial score (nSPS) is 29.6. The Labute approximate surface area is 101 Å². The van der Waals surface area contributed by atoms with Gasteiger partial charge in [0.1, 0.15) is 0 Å². The summed E-state index contributed by atoms with van der Waals surface area (Å²) in [6.07, 6.45) is 3.11. The molecule has 0 aliphatic carbocycles. The van der Waals surface area contributed by atoms with Crippen molar-refractivity contribution in [2.24, 2.45) is 0 Å². The molecular formula is C12H20F2N2O. The van der Waals surface area contributed by atoms with Crippen LogP contribution in [0.1, 0.15) is 32.6 Å². The van der Waals surface area contributed by atoms with Crippen LogP contribution < -0.4 is 0 Å². The first-order valence-corrected chi connectivity index (χ1v) is 6.38. The van der Waals surface area contributed by atoms with Gasteiger partial charge in [-0.2, -0.15) is 0 Å². The fraction of sp³-hybridized carbons (Fsp3) is 0.917. The standard InChI is InChI=1S/C12H20F2N2O/c1-10-4-2-3-6-16(10)11(17)8-15-7-5-12(13,14)9-15/h10H,2-9H2,1H3. The van der Waals surface area contributed by atoms with E-state index >= 15 is 0 Å². The topological polar surface area (TPSA) is 23.6 Å². The Morgan fingerprint density at radius 2 is 2.12 bits per heavy atom. The van der Waals surface area contributed by atoms with Crippen LogP contribution in [0.25, 0.3) is 0 Å². The summed E-state index contributed by atoms with van der Waals surface area (Å²) in [6.45, 7) is 3.04. The molecule has 2 heterocycles. The van der Waals surface area contributed by atoms with Gasteiger partial charge in [0.15, 0.2) is 0 Å². The minimum absolute atomic E-state index is 0.00917. The maximum Gasteiger partial charge on any atom is 0.261 e. The Bertz CT molecular complexity index is 296. The van der Waals surface area contributed by atoms with Crippen LogP contribution in [0.15, 0.2) is 0 Å². The van der Waals surface area contributed by atoms with Gasteiger partial charge in [-0.25, -0.2) is 8.78 Å². The maximum absolute atomic E-state index is 13.0. The van der Waals surface area contributed by atoms with Crippen molar-refractivity contribution in [3.8, 4) is 0 Å². The number of likely N-dealkylation sites (tertiary alicyclic amines) is 2. The van der Waals surface area contributed by atoms with Gasteiger partial charge in [0.05, 0.1) is 13.1 Å². The van der Waals surface area contributed by atoms with Gasteiger partial charge in [0, 0.05) is 25.6 Å². The zero-order valence-electron chi connectivity index (χ0n) is 10.3. The third kappa shape index (κ3) is 3.15. The van der Waals surface area contributed by atoms with Gasteiger partial charge in [-0.15, -0.1) is 0 Å². The van der Waals surface area contributed by atoms with Crippen LogP contribution in [0, 0.1) is 0 Å². The molecule has 2 aliphatic rings. The molecule has 2 fully saturated rings. The zero-order valence-corrected chi connectivity index (χ0v) is 10.3. The molecule has 1 amide bonds. The third-order valence-corrected chi connectivity index (χ3v) is 3.73. The van der Waals surface area contributed by atoms with Crippen LogP contribution in [0.2, 0.25) is 0 Å². The highest BCUT2D eigenvalue weighted by molar-refractivity contribution is 5.78. The molecule has 17 heavy (non-hydrogen) atoms. The number of halogens is 2. The SMILES string of the molecule is CC1CCCCN1C(=O)CN1CCC(F)(F)C1. The lowest BCUT2D eigenvalue weighted by molar-refractivity contribution is -0.135. The van der Waals surface area contributed by atoms with E-state index in [1.54, 1.807) is 4.90 Å². The first kappa shape index (κ1) is 12.7. The lowest BCUT2D eigenvalue weighted by atomic mass is 10.0. The summed E-state index contributed by atoms with van der Waals surface area (Å²) in [7, 11) is 0. The van der Waals surface area contributed by atoms with E-state index in [2.05, 4.69) is 0 Å². The molecule has 3 nitrogen and oxygen atoms in total. The van der Waals surface area contributed by atoms with Crippen molar-refractivity contribution < 1.29 is 13.6 Å². The number of carbonyl (C=O) groups is 1. The molecule has 98 valence electrons. The van der Waals surface area contributed by atoms with Crippen molar-refractivity contribution in [1.29, 1.82) is 0 Å². The summed E-state index contributed by atoms with van der Waals surface area (Å²) >= 11 is 0. The maximum atomic E-state index is 13.0. The molecule has 0 aromatic rings. The second-order valence-electron chi connectivity index (χ2n) is 5.25. The molecule has 0 aromatic heterocycles. The molecule has 2 saturated heterocycles.